The molecule has 1 rings (SSSR count). The van der Waals surface area contributed by atoms with Gasteiger partial charge in [0.15, 0.2) is 0 Å². The number of allylic oxidation sites excluding steroid dienone is 3. The van der Waals surface area contributed by atoms with Gasteiger partial charge in [-0.15, -0.1) is 0 Å². The Bertz CT molecular complexity index is 358. The summed E-state index contributed by atoms with van der Waals surface area (Å²) in [6, 6.07) is 10.1. The van der Waals surface area contributed by atoms with Crippen molar-refractivity contribution in [2.45, 2.75) is 13.8 Å². The van der Waals surface area contributed by atoms with Crippen molar-refractivity contribution in [3.63, 3.8) is 0 Å². The molecule has 0 bridgehead atoms. The lowest BCUT2D eigenvalue weighted by Gasteiger charge is -2.00. The molecular weight excluding hydrogens is 170 g/mol. The van der Waals surface area contributed by atoms with E-state index in [1.54, 1.807) is 6.21 Å². The highest BCUT2D eigenvalue weighted by Crippen LogP contribution is 2.14. The molecule has 1 heteroatoms. The number of nitrogens with zero attached hydrogens (tertiary/aromatic N) is 1. The highest BCUT2D eigenvalue weighted by Gasteiger charge is 1.93. The summed E-state index contributed by atoms with van der Waals surface area (Å²) in [5.74, 6) is 0. The van der Waals surface area contributed by atoms with Crippen molar-refractivity contribution >= 4 is 11.8 Å². The van der Waals surface area contributed by atoms with Crippen LogP contribution in [0.1, 0.15) is 19.4 Å². The smallest absolute Gasteiger partial charge is 0.0374 e. The Hall–Kier alpha value is -1.63. The van der Waals surface area contributed by atoms with Crippen LogP contribution in [-0.2, 0) is 0 Å². The molecule has 0 saturated heterocycles. The molecule has 0 fully saturated rings. The number of rotatable bonds is 3. The van der Waals surface area contributed by atoms with Gasteiger partial charge in [0.05, 0.1) is 0 Å². The van der Waals surface area contributed by atoms with E-state index in [2.05, 4.69) is 11.6 Å². The average molecular weight is 185 g/mol. The van der Waals surface area contributed by atoms with E-state index in [0.717, 1.165) is 16.8 Å². The highest BCUT2D eigenvalue weighted by atomic mass is 14.7. The van der Waals surface area contributed by atoms with E-state index in [-0.39, 0.29) is 0 Å². The summed E-state index contributed by atoms with van der Waals surface area (Å²) in [6.07, 6.45) is 3.76. The molecule has 0 atom stereocenters. The van der Waals surface area contributed by atoms with Crippen LogP contribution in [0.25, 0.3) is 5.57 Å². The fourth-order valence-electron chi connectivity index (χ4n) is 1.23. The molecule has 1 aromatic rings. The molecule has 0 radical (unpaired) electrons. The van der Waals surface area contributed by atoms with Crippen LogP contribution in [-0.4, -0.2) is 6.21 Å². The van der Waals surface area contributed by atoms with Gasteiger partial charge in [0.1, 0.15) is 0 Å². The maximum absolute atomic E-state index is 4.17. The minimum atomic E-state index is 0.973. The second kappa shape index (κ2) is 5.18. The Labute approximate surface area is 85.5 Å². The number of aliphatic imine (C=N–C) groups is 1. The van der Waals surface area contributed by atoms with Crippen LogP contribution in [0, 0.1) is 0 Å². The van der Waals surface area contributed by atoms with Crippen LogP contribution >= 0.6 is 0 Å². The normalized spacial score (nSPS) is 12.0. The summed E-state index contributed by atoms with van der Waals surface area (Å²) in [5, 5.41) is 0. The summed E-state index contributed by atoms with van der Waals surface area (Å²) in [6.45, 7) is 7.87. The van der Waals surface area contributed by atoms with Crippen molar-refractivity contribution < 1.29 is 0 Å². The first-order valence-electron chi connectivity index (χ1n) is 4.65. The predicted octanol–water partition coefficient (Wildman–Crippen LogP) is 3.69. The van der Waals surface area contributed by atoms with Crippen LogP contribution in [0.2, 0.25) is 0 Å². The molecule has 0 saturated carbocycles. The zero-order valence-corrected chi connectivity index (χ0v) is 8.70. The van der Waals surface area contributed by atoms with Gasteiger partial charge in [-0.1, -0.05) is 36.9 Å². The molecule has 1 nitrogen and oxygen atoms in total. The fraction of sp³-hybridized carbons (Fsp3) is 0.154. The van der Waals surface area contributed by atoms with Crippen molar-refractivity contribution in [3.8, 4) is 0 Å². The van der Waals surface area contributed by atoms with Gasteiger partial charge in [0.2, 0.25) is 0 Å². The van der Waals surface area contributed by atoms with Crippen molar-refractivity contribution in [1.29, 1.82) is 0 Å². The Kier molecular flexibility index (Phi) is 3.86. The molecule has 0 aromatic heterocycles. The van der Waals surface area contributed by atoms with E-state index in [1.165, 1.54) is 0 Å². The summed E-state index contributed by atoms with van der Waals surface area (Å²) in [7, 11) is 0. The van der Waals surface area contributed by atoms with Crippen molar-refractivity contribution in [3.05, 3.63) is 54.2 Å². The molecule has 0 N–H and O–H groups in total. The molecule has 0 aliphatic heterocycles. The quantitative estimate of drug-likeness (QED) is 0.503. The van der Waals surface area contributed by atoms with Gasteiger partial charge in [0.25, 0.3) is 0 Å². The van der Waals surface area contributed by atoms with Crippen molar-refractivity contribution in [1.82, 2.24) is 0 Å². The van der Waals surface area contributed by atoms with Crippen LogP contribution in [0.15, 0.2) is 53.7 Å². The zero-order chi connectivity index (χ0) is 10.4. The predicted molar refractivity (Wildman–Crippen MR) is 63.4 cm³/mol. The standard InChI is InChI=1S/C13H15N/c1-4-14-12(3)10-11(2)13-8-6-5-7-9-13/h4-10H,2H2,1,3H3/b12-10-,14-4?. The summed E-state index contributed by atoms with van der Waals surface area (Å²) < 4.78 is 0. The third-order valence-electron chi connectivity index (χ3n) is 1.86. The molecule has 1 aromatic carbocycles. The van der Waals surface area contributed by atoms with Gasteiger partial charge in [-0.3, -0.25) is 4.99 Å². The molecule has 0 spiro atoms. The first-order valence-corrected chi connectivity index (χ1v) is 4.65. The van der Waals surface area contributed by atoms with Crippen LogP contribution in [0.5, 0.6) is 0 Å². The second-order valence-electron chi connectivity index (χ2n) is 3.06. The SMILES string of the molecule is C=C(/C=C(/C)N=CC)c1ccccc1. The van der Waals surface area contributed by atoms with Gasteiger partial charge >= 0.3 is 0 Å². The average Bonchev–Trinajstić information content (AvgIpc) is 2.19. The van der Waals surface area contributed by atoms with E-state index in [4.69, 9.17) is 0 Å². The number of hydrogen-bond donors (Lipinski definition) is 0. The summed E-state index contributed by atoms with van der Waals surface area (Å²) in [4.78, 5) is 4.17. The second-order valence-corrected chi connectivity index (χ2v) is 3.06. The van der Waals surface area contributed by atoms with E-state index in [0.29, 0.717) is 0 Å². The third-order valence-corrected chi connectivity index (χ3v) is 1.86. The summed E-state index contributed by atoms with van der Waals surface area (Å²) in [5.41, 5.74) is 3.10. The van der Waals surface area contributed by atoms with Gasteiger partial charge in [-0.05, 0) is 31.1 Å². The maximum atomic E-state index is 4.17. The minimum absolute atomic E-state index is 0.973. The lowest BCUT2D eigenvalue weighted by atomic mass is 10.1. The van der Waals surface area contributed by atoms with Gasteiger partial charge in [-0.2, -0.15) is 0 Å². The topological polar surface area (TPSA) is 12.4 Å². The molecule has 0 aliphatic rings. The maximum Gasteiger partial charge on any atom is 0.0374 e. The Balaban J connectivity index is 2.83. The van der Waals surface area contributed by atoms with E-state index >= 15 is 0 Å². The van der Waals surface area contributed by atoms with Crippen LogP contribution < -0.4 is 0 Å². The fourth-order valence-corrected chi connectivity index (χ4v) is 1.23. The van der Waals surface area contributed by atoms with Gasteiger partial charge < -0.3 is 0 Å². The Morgan fingerprint density at radius 1 is 1.29 bits per heavy atom. The molecular formula is C13H15N. The highest BCUT2D eigenvalue weighted by molar-refractivity contribution is 5.72. The van der Waals surface area contributed by atoms with Crippen LogP contribution in [0.4, 0.5) is 0 Å². The Morgan fingerprint density at radius 2 is 1.93 bits per heavy atom. The molecule has 0 heterocycles. The lowest BCUT2D eigenvalue weighted by molar-refractivity contribution is 1.31. The van der Waals surface area contributed by atoms with Crippen LogP contribution in [0.3, 0.4) is 0 Å². The summed E-state index contributed by atoms with van der Waals surface area (Å²) >= 11 is 0. The third kappa shape index (κ3) is 3.02. The zero-order valence-electron chi connectivity index (χ0n) is 8.70. The number of benzene rings is 1. The lowest BCUT2D eigenvalue weighted by Crippen LogP contribution is -1.79. The number of hydrogen-bond acceptors (Lipinski definition) is 1. The molecule has 14 heavy (non-hydrogen) atoms. The monoisotopic (exact) mass is 185 g/mol. The first kappa shape index (κ1) is 10.5. The van der Waals surface area contributed by atoms with Crippen molar-refractivity contribution in [2.75, 3.05) is 0 Å². The van der Waals surface area contributed by atoms with Crippen molar-refractivity contribution in [2.24, 2.45) is 4.99 Å². The molecule has 0 unspecified atom stereocenters. The molecule has 0 amide bonds. The minimum Gasteiger partial charge on any atom is -0.266 e. The molecule has 0 aliphatic carbocycles. The van der Waals surface area contributed by atoms with Gasteiger partial charge in [-0.25, -0.2) is 0 Å². The van der Waals surface area contributed by atoms with Gasteiger partial charge in [0, 0.05) is 11.9 Å². The molecule has 72 valence electrons. The van der Waals surface area contributed by atoms with E-state index < -0.39 is 0 Å². The first-order chi connectivity index (χ1) is 6.74. The van der Waals surface area contributed by atoms with E-state index in [9.17, 15) is 0 Å². The largest absolute Gasteiger partial charge is 0.266 e. The Morgan fingerprint density at radius 3 is 2.50 bits per heavy atom. The van der Waals surface area contributed by atoms with E-state index in [1.807, 2.05) is 50.3 Å².